The van der Waals surface area contributed by atoms with Gasteiger partial charge in [-0.3, -0.25) is 4.72 Å². The number of pyridine rings is 1. The van der Waals surface area contributed by atoms with Crippen molar-refractivity contribution in [3.05, 3.63) is 47.9 Å². The number of piperazine rings is 1. The van der Waals surface area contributed by atoms with Crippen LogP contribution in [0.5, 0.6) is 0 Å². The van der Waals surface area contributed by atoms with E-state index >= 15 is 0 Å². The average Bonchev–Trinajstić information content (AvgIpc) is 2.67. The van der Waals surface area contributed by atoms with E-state index in [-0.39, 0.29) is 11.6 Å². The maximum absolute atomic E-state index is 12.9. The third kappa shape index (κ3) is 4.29. The molecule has 1 fully saturated rings. The van der Waals surface area contributed by atoms with Gasteiger partial charge in [0.05, 0.1) is 11.1 Å². The Morgan fingerprint density at radius 2 is 2.21 bits per heavy atom. The molecule has 2 aliphatic rings. The van der Waals surface area contributed by atoms with Crippen molar-refractivity contribution in [2.45, 2.75) is 38.8 Å². The number of rotatable bonds is 5. The number of hydrogen-bond donors (Lipinski definition) is 2. The van der Waals surface area contributed by atoms with Gasteiger partial charge in [-0.2, -0.15) is 18.0 Å². The van der Waals surface area contributed by atoms with Crippen LogP contribution in [0.25, 0.3) is 0 Å². The molecular weight excluding hydrogens is 376 g/mol. The smallest absolute Gasteiger partial charge is 0.303 e. The van der Waals surface area contributed by atoms with E-state index < -0.39 is 10.2 Å². The Labute approximate surface area is 166 Å². The van der Waals surface area contributed by atoms with Crippen LogP contribution < -0.4 is 14.9 Å². The average molecular weight is 403 g/mol. The molecule has 0 amide bonds. The molecule has 2 atom stereocenters. The molecule has 0 aliphatic carbocycles. The minimum Gasteiger partial charge on any atom is -0.362 e. The molecule has 0 saturated carbocycles. The van der Waals surface area contributed by atoms with E-state index in [1.165, 1.54) is 10.5 Å². The maximum Gasteiger partial charge on any atom is 0.303 e. The van der Waals surface area contributed by atoms with E-state index in [4.69, 9.17) is 5.26 Å². The fourth-order valence-corrected chi connectivity index (χ4v) is 4.73. The molecule has 3 rings (SSSR count). The molecule has 2 aliphatic heterocycles. The zero-order valence-electron chi connectivity index (χ0n) is 16.4. The molecule has 2 N–H and O–H groups in total. The highest BCUT2D eigenvalue weighted by atomic mass is 32.2. The highest BCUT2D eigenvalue weighted by molar-refractivity contribution is 7.87. The summed E-state index contributed by atoms with van der Waals surface area (Å²) in [5.74, 6) is 1.23. The van der Waals surface area contributed by atoms with E-state index in [2.05, 4.69) is 15.0 Å². The van der Waals surface area contributed by atoms with Crippen LogP contribution >= 0.6 is 0 Å². The topological polar surface area (TPSA) is 101 Å². The van der Waals surface area contributed by atoms with E-state index in [9.17, 15) is 8.42 Å². The first-order chi connectivity index (χ1) is 13.3. The molecule has 1 aromatic heterocycles. The minimum absolute atomic E-state index is 0.221. The second kappa shape index (κ2) is 7.81. The maximum atomic E-state index is 12.9. The zero-order chi connectivity index (χ0) is 20.4. The van der Waals surface area contributed by atoms with Gasteiger partial charge in [-0.15, -0.1) is 0 Å². The number of dihydropyridines is 1. The fraction of sp³-hybridized carbons (Fsp3) is 0.474. The molecule has 28 heavy (non-hydrogen) atoms. The fourth-order valence-electron chi connectivity index (χ4n) is 3.36. The molecule has 0 bridgehead atoms. The van der Waals surface area contributed by atoms with Gasteiger partial charge in [0.15, 0.2) is 0 Å². The number of nitriles is 1. The Bertz CT molecular complexity index is 919. The molecular formula is C19H26N6O2S. The Morgan fingerprint density at radius 3 is 2.82 bits per heavy atom. The largest absolute Gasteiger partial charge is 0.362 e. The molecule has 1 aromatic rings. The highest BCUT2D eigenvalue weighted by Gasteiger charge is 2.34. The summed E-state index contributed by atoms with van der Waals surface area (Å²) in [6.45, 7) is 7.37. The molecule has 9 heteroatoms. The van der Waals surface area contributed by atoms with Crippen molar-refractivity contribution >= 4 is 16.0 Å². The van der Waals surface area contributed by atoms with Crippen LogP contribution in [0.15, 0.2) is 42.4 Å². The van der Waals surface area contributed by atoms with Crippen LogP contribution in [0.2, 0.25) is 0 Å². The normalized spacial score (nSPS) is 25.6. The number of nitrogens with zero attached hydrogens (tertiary/aromatic N) is 4. The van der Waals surface area contributed by atoms with Crippen LogP contribution in [-0.2, 0) is 10.2 Å². The third-order valence-electron chi connectivity index (χ3n) is 5.20. The first-order valence-electron chi connectivity index (χ1n) is 9.35. The van der Waals surface area contributed by atoms with Crippen LogP contribution in [-0.4, -0.2) is 48.9 Å². The Kier molecular flexibility index (Phi) is 5.63. The summed E-state index contributed by atoms with van der Waals surface area (Å²) in [4.78, 5) is 6.34. The zero-order valence-corrected chi connectivity index (χ0v) is 17.2. The number of hydrogen-bond acceptors (Lipinski definition) is 6. The summed E-state index contributed by atoms with van der Waals surface area (Å²) in [5.41, 5.74) is 0.238. The van der Waals surface area contributed by atoms with Crippen molar-refractivity contribution in [1.29, 1.82) is 5.26 Å². The number of anilines is 1. The molecule has 2 unspecified atom stereocenters. The molecule has 3 heterocycles. The van der Waals surface area contributed by atoms with Crippen molar-refractivity contribution in [2.24, 2.45) is 0 Å². The lowest BCUT2D eigenvalue weighted by molar-refractivity contribution is 0.302. The predicted molar refractivity (Wildman–Crippen MR) is 108 cm³/mol. The molecule has 0 aromatic carbocycles. The summed E-state index contributed by atoms with van der Waals surface area (Å²) < 4.78 is 30.0. The molecule has 0 spiro atoms. The van der Waals surface area contributed by atoms with Crippen molar-refractivity contribution in [2.75, 3.05) is 24.5 Å². The van der Waals surface area contributed by atoms with Gasteiger partial charge in [0.2, 0.25) is 0 Å². The number of allylic oxidation sites excluding steroid dienone is 2. The lowest BCUT2D eigenvalue weighted by Gasteiger charge is -2.40. The van der Waals surface area contributed by atoms with Gasteiger partial charge >= 0.3 is 10.2 Å². The summed E-state index contributed by atoms with van der Waals surface area (Å²) >= 11 is 0. The highest BCUT2D eigenvalue weighted by Crippen LogP contribution is 2.21. The van der Waals surface area contributed by atoms with Gasteiger partial charge in [-0.1, -0.05) is 19.1 Å². The van der Waals surface area contributed by atoms with Crippen LogP contribution in [0.1, 0.15) is 32.8 Å². The first kappa shape index (κ1) is 20.2. The quantitative estimate of drug-likeness (QED) is 0.773. The Balaban J connectivity index is 1.67. The van der Waals surface area contributed by atoms with Gasteiger partial charge in [-0.05, 0) is 38.5 Å². The third-order valence-corrected chi connectivity index (χ3v) is 6.83. The summed E-state index contributed by atoms with van der Waals surface area (Å²) in [5, 5.41) is 12.1. The Morgan fingerprint density at radius 1 is 1.43 bits per heavy atom. The Hall–Kier alpha value is -2.57. The van der Waals surface area contributed by atoms with Crippen molar-refractivity contribution in [3.63, 3.8) is 0 Å². The molecule has 0 radical (unpaired) electrons. The first-order valence-corrected chi connectivity index (χ1v) is 10.8. The number of aromatic nitrogens is 1. The van der Waals surface area contributed by atoms with Crippen LogP contribution in [0.3, 0.4) is 0 Å². The van der Waals surface area contributed by atoms with Crippen LogP contribution in [0.4, 0.5) is 5.82 Å². The molecule has 1 saturated heterocycles. The van der Waals surface area contributed by atoms with Gasteiger partial charge in [0.1, 0.15) is 17.7 Å². The second-order valence-electron chi connectivity index (χ2n) is 7.37. The van der Waals surface area contributed by atoms with Crippen molar-refractivity contribution in [1.82, 2.24) is 19.3 Å². The SMILES string of the molecule is CCC1(C)C=CC=C(NS(=O)(=O)N2CCN(c3ccc(C#N)cn3)CC2C)N1. The minimum atomic E-state index is -3.68. The van der Waals surface area contributed by atoms with E-state index in [1.54, 1.807) is 18.2 Å². The van der Waals surface area contributed by atoms with Crippen LogP contribution in [0, 0.1) is 11.3 Å². The van der Waals surface area contributed by atoms with E-state index in [0.717, 1.165) is 12.2 Å². The predicted octanol–water partition coefficient (Wildman–Crippen LogP) is 1.47. The monoisotopic (exact) mass is 402 g/mol. The van der Waals surface area contributed by atoms with Crippen molar-refractivity contribution < 1.29 is 8.42 Å². The second-order valence-corrected chi connectivity index (χ2v) is 8.99. The summed E-state index contributed by atoms with van der Waals surface area (Å²) in [6, 6.07) is 5.34. The summed E-state index contributed by atoms with van der Waals surface area (Å²) in [6.07, 6.45) is 8.00. The van der Waals surface area contributed by atoms with Gasteiger partial charge < -0.3 is 10.2 Å². The lowest BCUT2D eigenvalue weighted by Crippen LogP contribution is -2.58. The van der Waals surface area contributed by atoms with Crippen molar-refractivity contribution in [3.8, 4) is 6.07 Å². The molecule has 8 nitrogen and oxygen atoms in total. The van der Waals surface area contributed by atoms with Gasteiger partial charge in [0.25, 0.3) is 0 Å². The molecule has 150 valence electrons. The lowest BCUT2D eigenvalue weighted by atomic mass is 9.96. The standard InChI is InChI=1S/C19H26N6O2S/c1-4-19(3)9-5-6-17(22-19)23-28(26,27)25-11-10-24(14-15(25)2)18-8-7-16(12-20)13-21-18/h5-9,13,15,22-23H,4,10-11,14H2,1-3H3. The van der Waals surface area contributed by atoms with Gasteiger partial charge in [-0.25, -0.2) is 4.98 Å². The number of nitrogens with one attached hydrogen (secondary N) is 2. The summed E-state index contributed by atoms with van der Waals surface area (Å²) in [7, 11) is -3.68. The van der Waals surface area contributed by atoms with E-state index in [1.807, 2.05) is 43.9 Å². The van der Waals surface area contributed by atoms with E-state index in [0.29, 0.717) is 31.0 Å². The van der Waals surface area contributed by atoms with Gasteiger partial charge in [0, 0.05) is 31.9 Å².